The molecule has 2 nitrogen and oxygen atoms in total. The van der Waals surface area contributed by atoms with E-state index in [1.165, 1.54) is 0 Å². The lowest BCUT2D eigenvalue weighted by Crippen LogP contribution is -2.36. The second-order valence-electron chi connectivity index (χ2n) is 5.57. The molecule has 0 atom stereocenters. The van der Waals surface area contributed by atoms with Crippen LogP contribution in [0.1, 0.15) is 67.2 Å². The highest BCUT2D eigenvalue weighted by Crippen LogP contribution is 2.53. The minimum absolute atomic E-state index is 0.384. The van der Waals surface area contributed by atoms with Gasteiger partial charge in [-0.1, -0.05) is 26.7 Å². The van der Waals surface area contributed by atoms with Crippen LogP contribution in [-0.4, -0.2) is 29.1 Å². The van der Waals surface area contributed by atoms with Crippen LogP contribution in [0, 0.1) is 0 Å². The van der Waals surface area contributed by atoms with E-state index in [0.717, 1.165) is 38.0 Å². The third-order valence-corrected chi connectivity index (χ3v) is 7.00. The van der Waals surface area contributed by atoms with Crippen molar-refractivity contribution in [2.24, 2.45) is 0 Å². The van der Waals surface area contributed by atoms with Gasteiger partial charge in [-0.05, 0) is 40.5 Å². The van der Waals surface area contributed by atoms with E-state index >= 15 is 0 Å². The van der Waals surface area contributed by atoms with Crippen LogP contribution in [0.25, 0.3) is 0 Å². The van der Waals surface area contributed by atoms with Crippen LogP contribution >= 0.6 is 7.29 Å². The molecule has 0 saturated heterocycles. The van der Waals surface area contributed by atoms with Gasteiger partial charge in [-0.3, -0.25) is 0 Å². The number of unbranched alkanes of at least 4 members (excludes halogenated alkanes) is 2. The zero-order valence-corrected chi connectivity index (χ0v) is 13.6. The quantitative estimate of drug-likeness (QED) is 0.545. The SMILES string of the molecule is CCCCP(=O)(CCCC)N(C(C)C)C(C)C. The average molecular weight is 261 g/mol. The molecule has 0 aromatic rings. The minimum Gasteiger partial charge on any atom is -0.307 e. The molecule has 0 bridgehead atoms. The lowest BCUT2D eigenvalue weighted by Gasteiger charge is -2.38. The Morgan fingerprint density at radius 2 is 1.24 bits per heavy atom. The molecule has 3 heteroatoms. The predicted molar refractivity (Wildman–Crippen MR) is 79.3 cm³/mol. The van der Waals surface area contributed by atoms with E-state index in [-0.39, 0.29) is 0 Å². The highest BCUT2D eigenvalue weighted by atomic mass is 31.2. The van der Waals surface area contributed by atoms with E-state index in [0.29, 0.717) is 12.1 Å². The van der Waals surface area contributed by atoms with Gasteiger partial charge in [-0.25, -0.2) is 4.67 Å². The summed E-state index contributed by atoms with van der Waals surface area (Å²) in [6, 6.07) is 0.768. The Bertz CT molecular complexity index is 218. The molecule has 0 aromatic carbocycles. The van der Waals surface area contributed by atoms with Crippen LogP contribution < -0.4 is 0 Å². The summed E-state index contributed by atoms with van der Waals surface area (Å²) in [6.07, 6.45) is 6.27. The Balaban J connectivity index is 4.89. The van der Waals surface area contributed by atoms with Gasteiger partial charge in [0.1, 0.15) is 0 Å². The Morgan fingerprint density at radius 3 is 1.47 bits per heavy atom. The van der Waals surface area contributed by atoms with Crippen molar-refractivity contribution in [3.63, 3.8) is 0 Å². The van der Waals surface area contributed by atoms with Crippen LogP contribution in [0.2, 0.25) is 0 Å². The number of hydrogen-bond acceptors (Lipinski definition) is 1. The third-order valence-electron chi connectivity index (χ3n) is 3.20. The lowest BCUT2D eigenvalue weighted by atomic mass is 10.3. The molecule has 0 aliphatic rings. The second kappa shape index (κ2) is 8.32. The maximum absolute atomic E-state index is 13.2. The van der Waals surface area contributed by atoms with Crippen LogP contribution in [-0.2, 0) is 4.57 Å². The number of hydrogen-bond donors (Lipinski definition) is 0. The summed E-state index contributed by atoms with van der Waals surface area (Å²) >= 11 is 0. The molecule has 0 aliphatic heterocycles. The normalized spacial score (nSPS) is 13.0. The van der Waals surface area contributed by atoms with Crippen molar-refractivity contribution < 1.29 is 4.57 Å². The van der Waals surface area contributed by atoms with E-state index in [9.17, 15) is 4.57 Å². The molecular weight excluding hydrogens is 229 g/mol. The van der Waals surface area contributed by atoms with Crippen LogP contribution in [0.4, 0.5) is 0 Å². The Hall–Kier alpha value is 0.190. The highest BCUT2D eigenvalue weighted by Gasteiger charge is 2.32. The fraction of sp³-hybridized carbons (Fsp3) is 1.00. The van der Waals surface area contributed by atoms with E-state index in [1.807, 2.05) is 0 Å². The highest BCUT2D eigenvalue weighted by molar-refractivity contribution is 7.61. The summed E-state index contributed by atoms with van der Waals surface area (Å²) in [4.78, 5) is 0. The summed E-state index contributed by atoms with van der Waals surface area (Å²) < 4.78 is 15.5. The summed E-state index contributed by atoms with van der Waals surface area (Å²) in [6.45, 7) is 13.0. The molecule has 0 radical (unpaired) electrons. The van der Waals surface area contributed by atoms with E-state index < -0.39 is 7.29 Å². The van der Waals surface area contributed by atoms with Gasteiger partial charge in [0.05, 0.1) is 0 Å². The molecule has 0 aromatic heterocycles. The Morgan fingerprint density at radius 1 is 0.882 bits per heavy atom. The first-order valence-electron chi connectivity index (χ1n) is 7.26. The molecule has 17 heavy (non-hydrogen) atoms. The zero-order chi connectivity index (χ0) is 13.5. The molecule has 0 aliphatic carbocycles. The molecule has 104 valence electrons. The summed E-state index contributed by atoms with van der Waals surface area (Å²) in [5, 5.41) is 0. The molecular formula is C14H32NOP. The molecule has 0 fully saturated rings. The molecule has 0 amide bonds. The van der Waals surface area contributed by atoms with Crippen LogP contribution in [0.5, 0.6) is 0 Å². The Labute approximate surface area is 109 Å². The van der Waals surface area contributed by atoms with Gasteiger partial charge >= 0.3 is 0 Å². The van der Waals surface area contributed by atoms with Crippen molar-refractivity contribution in [1.29, 1.82) is 0 Å². The van der Waals surface area contributed by atoms with Crippen molar-refractivity contribution >= 4 is 7.29 Å². The van der Waals surface area contributed by atoms with Crippen molar-refractivity contribution in [1.82, 2.24) is 4.67 Å². The molecule has 0 saturated carbocycles. The first-order valence-corrected chi connectivity index (χ1v) is 9.29. The van der Waals surface area contributed by atoms with Gasteiger partial charge in [-0.2, -0.15) is 0 Å². The number of rotatable bonds is 9. The maximum atomic E-state index is 13.2. The smallest absolute Gasteiger partial charge is 0.150 e. The van der Waals surface area contributed by atoms with Crippen molar-refractivity contribution in [2.75, 3.05) is 12.3 Å². The summed E-state index contributed by atoms with van der Waals surface area (Å²) in [5.74, 6) is 0. The summed E-state index contributed by atoms with van der Waals surface area (Å²) in [7, 11) is -2.14. The second-order valence-corrected chi connectivity index (χ2v) is 8.62. The van der Waals surface area contributed by atoms with Gasteiger partial charge in [0, 0.05) is 24.4 Å². The zero-order valence-electron chi connectivity index (χ0n) is 12.7. The van der Waals surface area contributed by atoms with Crippen molar-refractivity contribution in [3.05, 3.63) is 0 Å². The average Bonchev–Trinajstić information content (AvgIpc) is 2.22. The summed E-state index contributed by atoms with van der Waals surface area (Å²) in [5.41, 5.74) is 0. The fourth-order valence-electron chi connectivity index (χ4n) is 2.59. The van der Waals surface area contributed by atoms with Gasteiger partial charge in [-0.15, -0.1) is 0 Å². The van der Waals surface area contributed by atoms with E-state index in [1.54, 1.807) is 0 Å². The molecule has 0 spiro atoms. The topological polar surface area (TPSA) is 20.3 Å². The van der Waals surface area contributed by atoms with E-state index in [2.05, 4.69) is 46.2 Å². The Kier molecular flexibility index (Phi) is 8.41. The monoisotopic (exact) mass is 261 g/mol. The van der Waals surface area contributed by atoms with Crippen molar-refractivity contribution in [3.8, 4) is 0 Å². The minimum atomic E-state index is -2.14. The maximum Gasteiger partial charge on any atom is 0.150 e. The van der Waals surface area contributed by atoms with Crippen LogP contribution in [0.3, 0.4) is 0 Å². The van der Waals surface area contributed by atoms with Crippen molar-refractivity contribution in [2.45, 2.75) is 79.3 Å². The molecule has 0 unspecified atom stereocenters. The molecule has 0 heterocycles. The van der Waals surface area contributed by atoms with Crippen LogP contribution in [0.15, 0.2) is 0 Å². The largest absolute Gasteiger partial charge is 0.307 e. The standard InChI is InChI=1S/C14H32NOP/c1-7-9-11-17(16,12-10-8-2)15(13(3)4)14(5)6/h13-14H,7-12H2,1-6H3. The van der Waals surface area contributed by atoms with E-state index in [4.69, 9.17) is 0 Å². The van der Waals surface area contributed by atoms with Gasteiger partial charge in [0.2, 0.25) is 0 Å². The lowest BCUT2D eigenvalue weighted by molar-refractivity contribution is 0.298. The molecule has 0 rings (SSSR count). The molecule has 0 N–H and O–H groups in total. The van der Waals surface area contributed by atoms with Gasteiger partial charge < -0.3 is 4.57 Å². The van der Waals surface area contributed by atoms with Gasteiger partial charge in [0.15, 0.2) is 7.29 Å². The predicted octanol–water partition coefficient (Wildman–Crippen LogP) is 4.98. The third kappa shape index (κ3) is 5.57. The fourth-order valence-corrected chi connectivity index (χ4v) is 6.58. The first-order chi connectivity index (χ1) is 7.89. The number of nitrogens with zero attached hydrogens (tertiary/aromatic N) is 1. The van der Waals surface area contributed by atoms with Gasteiger partial charge in [0.25, 0.3) is 0 Å². The first kappa shape index (κ1) is 17.2.